The lowest BCUT2D eigenvalue weighted by Crippen LogP contribution is -2.46. The summed E-state index contributed by atoms with van der Waals surface area (Å²) < 4.78 is 4.57. The van der Waals surface area contributed by atoms with Crippen LogP contribution in [0.4, 0.5) is 16.2 Å². The fraction of sp³-hybridized carbons (Fsp3) is 0.226. The molecule has 1 aliphatic carbocycles. The van der Waals surface area contributed by atoms with Crippen LogP contribution in [-0.2, 0) is 9.59 Å². The number of fused-ring (bicyclic) bond motifs is 1. The summed E-state index contributed by atoms with van der Waals surface area (Å²) in [4.78, 5) is 55.9. The van der Waals surface area contributed by atoms with Gasteiger partial charge in [-0.2, -0.15) is 5.10 Å². The molecule has 11 nitrogen and oxygen atoms in total. The molecular formula is C31H28N6O5. The number of carbonyl (C=O) groups is 3. The number of ketones is 1. The van der Waals surface area contributed by atoms with Crippen molar-refractivity contribution in [2.45, 2.75) is 25.7 Å². The molecule has 1 saturated carbocycles. The number of hydrogen-bond donors (Lipinski definition) is 2. The lowest BCUT2D eigenvalue weighted by Gasteiger charge is -2.26. The molecule has 1 fully saturated rings. The van der Waals surface area contributed by atoms with Gasteiger partial charge >= 0.3 is 11.8 Å². The second-order valence-corrected chi connectivity index (χ2v) is 10.3. The van der Waals surface area contributed by atoms with Gasteiger partial charge in [0, 0.05) is 28.3 Å². The van der Waals surface area contributed by atoms with Gasteiger partial charge in [-0.25, -0.2) is 14.6 Å². The van der Waals surface area contributed by atoms with Crippen molar-refractivity contribution in [2.24, 2.45) is 11.0 Å². The van der Waals surface area contributed by atoms with Crippen LogP contribution in [0.25, 0.3) is 11.4 Å². The van der Waals surface area contributed by atoms with Gasteiger partial charge in [0.15, 0.2) is 11.6 Å². The van der Waals surface area contributed by atoms with Gasteiger partial charge in [-0.05, 0) is 31.0 Å². The Morgan fingerprint density at radius 2 is 1.64 bits per heavy atom. The van der Waals surface area contributed by atoms with E-state index in [0.29, 0.717) is 28.2 Å². The highest BCUT2D eigenvalue weighted by molar-refractivity contribution is 6.19. The van der Waals surface area contributed by atoms with Gasteiger partial charge in [0.2, 0.25) is 5.91 Å². The zero-order valence-corrected chi connectivity index (χ0v) is 22.7. The maximum absolute atomic E-state index is 14.0. The Bertz CT molecular complexity index is 1720. The van der Waals surface area contributed by atoms with Crippen molar-refractivity contribution >= 4 is 34.8 Å². The molecule has 1 aromatic heterocycles. The largest absolute Gasteiger partial charge is 0.439 e. The molecule has 4 aromatic rings. The minimum absolute atomic E-state index is 0.00549. The lowest BCUT2D eigenvalue weighted by molar-refractivity contribution is -0.121. The van der Waals surface area contributed by atoms with E-state index in [1.165, 1.54) is 4.90 Å². The summed E-state index contributed by atoms with van der Waals surface area (Å²) in [6.07, 6.45) is 3.65. The Morgan fingerprint density at radius 3 is 2.40 bits per heavy atom. The van der Waals surface area contributed by atoms with E-state index < -0.39 is 24.2 Å². The van der Waals surface area contributed by atoms with E-state index in [1.54, 1.807) is 30.3 Å². The first-order chi connectivity index (χ1) is 20.5. The molecule has 2 heterocycles. The predicted molar refractivity (Wildman–Crippen MR) is 156 cm³/mol. The van der Waals surface area contributed by atoms with E-state index in [2.05, 4.69) is 20.0 Å². The summed E-state index contributed by atoms with van der Waals surface area (Å²) in [5.41, 5.74) is 3.48. The second-order valence-electron chi connectivity index (χ2n) is 10.3. The van der Waals surface area contributed by atoms with E-state index in [-0.39, 0.29) is 24.1 Å². The standard InChI is InChI=1S/C31H28N6O5/c38-26(20-9-4-5-10-20)18-36-25-16-7-6-15-24(25)28(21-11-2-1-3-12-21)34-37(31(36)41)19-27(39)32-23-14-8-13-22(17-23)29-33-30(40)42-35-29/h1-3,6-8,11-17,20H,4-5,9-10,18-19H2,(H,32,39)(H,33,35,40). The maximum Gasteiger partial charge on any atom is 0.439 e. The van der Waals surface area contributed by atoms with Gasteiger partial charge in [0.05, 0.1) is 12.2 Å². The topological polar surface area (TPSA) is 141 Å². The van der Waals surface area contributed by atoms with Crippen LogP contribution in [0.2, 0.25) is 0 Å². The van der Waals surface area contributed by atoms with E-state index >= 15 is 0 Å². The van der Waals surface area contributed by atoms with Crippen LogP contribution in [0, 0.1) is 5.92 Å². The molecule has 212 valence electrons. The van der Waals surface area contributed by atoms with Gasteiger partial charge in [0.25, 0.3) is 0 Å². The third kappa shape index (κ3) is 5.62. The predicted octanol–water partition coefficient (Wildman–Crippen LogP) is 4.42. The maximum atomic E-state index is 14.0. The molecule has 11 heteroatoms. The van der Waals surface area contributed by atoms with Crippen LogP contribution in [0.15, 0.2) is 93.3 Å². The van der Waals surface area contributed by atoms with Gasteiger partial charge in [-0.15, -0.1) is 0 Å². The average molecular weight is 565 g/mol. The van der Waals surface area contributed by atoms with Crippen LogP contribution in [0.5, 0.6) is 0 Å². The van der Waals surface area contributed by atoms with E-state index in [9.17, 15) is 19.2 Å². The first kappa shape index (κ1) is 26.9. The van der Waals surface area contributed by atoms with Crippen molar-refractivity contribution in [1.82, 2.24) is 15.1 Å². The Morgan fingerprint density at radius 1 is 0.905 bits per heavy atom. The number of anilines is 2. The van der Waals surface area contributed by atoms with E-state index in [4.69, 9.17) is 5.10 Å². The third-order valence-electron chi connectivity index (χ3n) is 7.45. The third-order valence-corrected chi connectivity index (χ3v) is 7.45. The number of aromatic amines is 1. The fourth-order valence-electron chi connectivity index (χ4n) is 5.40. The highest BCUT2D eigenvalue weighted by atomic mass is 16.5. The fourth-order valence-corrected chi connectivity index (χ4v) is 5.40. The van der Waals surface area contributed by atoms with Crippen LogP contribution in [0.1, 0.15) is 36.8 Å². The Hall–Kier alpha value is -5.32. The van der Waals surface area contributed by atoms with Crippen molar-refractivity contribution in [3.63, 3.8) is 0 Å². The van der Waals surface area contributed by atoms with Gasteiger partial charge in [0.1, 0.15) is 12.3 Å². The highest BCUT2D eigenvalue weighted by Gasteiger charge is 2.34. The number of nitrogens with zero attached hydrogens (tertiary/aromatic N) is 4. The monoisotopic (exact) mass is 564 g/mol. The quantitative estimate of drug-likeness (QED) is 0.325. The molecule has 0 spiro atoms. The van der Waals surface area contributed by atoms with Crippen LogP contribution < -0.4 is 16.0 Å². The van der Waals surface area contributed by atoms with E-state index in [1.807, 2.05) is 48.5 Å². The molecule has 0 unspecified atom stereocenters. The molecule has 6 rings (SSSR count). The summed E-state index contributed by atoms with van der Waals surface area (Å²) >= 11 is 0. The summed E-state index contributed by atoms with van der Waals surface area (Å²) in [6.45, 7) is -0.504. The molecule has 3 aromatic carbocycles. The molecule has 1 aliphatic heterocycles. The van der Waals surface area contributed by atoms with Crippen LogP contribution >= 0.6 is 0 Å². The molecule has 0 radical (unpaired) electrons. The van der Waals surface area contributed by atoms with E-state index in [0.717, 1.165) is 36.3 Å². The number of para-hydroxylation sites is 1. The van der Waals surface area contributed by atoms with Gasteiger partial charge in [-0.1, -0.05) is 78.7 Å². The Kier molecular flexibility index (Phi) is 7.46. The number of amides is 3. The van der Waals surface area contributed by atoms with Crippen molar-refractivity contribution in [3.8, 4) is 11.4 Å². The van der Waals surface area contributed by atoms with Gasteiger partial charge < -0.3 is 5.32 Å². The van der Waals surface area contributed by atoms with Gasteiger partial charge in [-0.3, -0.25) is 24.0 Å². The second kappa shape index (κ2) is 11.7. The summed E-state index contributed by atoms with van der Waals surface area (Å²) in [7, 11) is 0. The number of Topliss-reactive ketones (excluding diaryl/α,β-unsaturated/α-hetero) is 1. The molecule has 0 bridgehead atoms. The molecule has 3 amide bonds. The molecule has 42 heavy (non-hydrogen) atoms. The number of aromatic nitrogens is 2. The first-order valence-electron chi connectivity index (χ1n) is 13.8. The Labute approximate surface area is 240 Å². The van der Waals surface area contributed by atoms with Crippen LogP contribution in [0.3, 0.4) is 0 Å². The number of rotatable bonds is 8. The molecule has 2 aliphatic rings. The minimum atomic E-state index is -0.692. The molecular weight excluding hydrogens is 536 g/mol. The minimum Gasteiger partial charge on any atom is -0.324 e. The van der Waals surface area contributed by atoms with Crippen molar-refractivity contribution in [1.29, 1.82) is 0 Å². The zero-order chi connectivity index (χ0) is 29.1. The average Bonchev–Trinajstić information content (AvgIpc) is 3.69. The molecule has 0 saturated heterocycles. The lowest BCUT2D eigenvalue weighted by atomic mass is 9.99. The van der Waals surface area contributed by atoms with Crippen LogP contribution in [-0.4, -0.2) is 51.7 Å². The number of H-pyrrole nitrogens is 1. The summed E-state index contributed by atoms with van der Waals surface area (Å²) in [6, 6.07) is 22.9. The number of carbonyl (C=O) groups excluding carboxylic acids is 3. The van der Waals surface area contributed by atoms with Crippen molar-refractivity contribution in [2.75, 3.05) is 23.3 Å². The molecule has 2 N–H and O–H groups in total. The number of hydrazone groups is 1. The van der Waals surface area contributed by atoms with Crippen molar-refractivity contribution < 1.29 is 18.9 Å². The number of benzene rings is 3. The highest BCUT2D eigenvalue weighted by Crippen LogP contribution is 2.31. The number of urea groups is 1. The SMILES string of the molecule is O=C(CN1N=C(c2ccccc2)c2ccccc2N(CC(=O)C2CCCC2)C1=O)Nc1cccc(-c2noc(=O)[nH]2)c1. The Balaban J connectivity index is 1.32. The smallest absolute Gasteiger partial charge is 0.324 e. The summed E-state index contributed by atoms with van der Waals surface area (Å²) in [5.74, 6) is -1.05. The normalized spacial score (nSPS) is 15.2. The number of nitrogens with one attached hydrogen (secondary N) is 2. The first-order valence-corrected chi connectivity index (χ1v) is 13.8. The van der Waals surface area contributed by atoms with Crippen molar-refractivity contribution in [3.05, 3.63) is 101 Å². The molecule has 0 atom stereocenters. The number of hydrogen-bond acceptors (Lipinski definition) is 7. The summed E-state index contributed by atoms with van der Waals surface area (Å²) in [5, 5.41) is 12.3. The zero-order valence-electron chi connectivity index (χ0n) is 22.7.